The van der Waals surface area contributed by atoms with E-state index in [1.807, 2.05) is 11.1 Å². The maximum absolute atomic E-state index is 11.9. The number of carbonyl (C=O) groups excluding carboxylic acids is 1. The van der Waals surface area contributed by atoms with Crippen molar-refractivity contribution in [2.45, 2.75) is 32.6 Å². The predicted octanol–water partition coefficient (Wildman–Crippen LogP) is 2.24. The van der Waals surface area contributed by atoms with E-state index in [-0.39, 0.29) is 5.91 Å². The summed E-state index contributed by atoms with van der Waals surface area (Å²) in [6, 6.07) is 3.51. The van der Waals surface area contributed by atoms with Crippen LogP contribution in [0.3, 0.4) is 0 Å². The molecule has 1 aliphatic heterocycles. The van der Waals surface area contributed by atoms with Gasteiger partial charge in [0.15, 0.2) is 0 Å². The number of hydrazine groups is 1. The highest BCUT2D eigenvalue weighted by atomic mass is 32.1. The van der Waals surface area contributed by atoms with E-state index in [2.05, 4.69) is 11.9 Å². The van der Waals surface area contributed by atoms with E-state index < -0.39 is 5.97 Å². The second kappa shape index (κ2) is 6.85. The first-order chi connectivity index (χ1) is 9.61. The number of carboxylic acids is 1. The molecule has 2 heterocycles. The average molecular weight is 296 g/mol. The molecule has 0 unspecified atom stereocenters. The van der Waals surface area contributed by atoms with Gasteiger partial charge in [0.1, 0.15) is 4.88 Å². The van der Waals surface area contributed by atoms with Gasteiger partial charge < -0.3 is 5.11 Å². The molecule has 1 aromatic rings. The molecule has 0 saturated carbocycles. The Balaban J connectivity index is 1.84. The van der Waals surface area contributed by atoms with Gasteiger partial charge in [-0.05, 0) is 31.4 Å². The van der Waals surface area contributed by atoms with Crippen LogP contribution in [0.1, 0.15) is 40.7 Å². The lowest BCUT2D eigenvalue weighted by Gasteiger charge is -2.37. The van der Waals surface area contributed by atoms with Gasteiger partial charge in [-0.1, -0.05) is 6.92 Å². The van der Waals surface area contributed by atoms with Crippen LogP contribution < -0.4 is 0 Å². The summed E-state index contributed by atoms with van der Waals surface area (Å²) in [7, 11) is 0. The summed E-state index contributed by atoms with van der Waals surface area (Å²) >= 11 is 1.32. The quantitative estimate of drug-likeness (QED) is 0.874. The molecule has 1 aliphatic rings. The Morgan fingerprint density at radius 2 is 2.25 bits per heavy atom. The molecule has 2 rings (SSSR count). The van der Waals surface area contributed by atoms with E-state index in [0.29, 0.717) is 17.8 Å². The molecule has 0 spiro atoms. The van der Waals surface area contributed by atoms with E-state index in [4.69, 9.17) is 5.11 Å². The molecule has 1 aromatic heterocycles. The minimum Gasteiger partial charge on any atom is -0.477 e. The second-order valence-electron chi connectivity index (χ2n) is 4.84. The highest BCUT2D eigenvalue weighted by Crippen LogP contribution is 2.19. The largest absolute Gasteiger partial charge is 0.477 e. The normalized spacial score (nSPS) is 16.6. The van der Waals surface area contributed by atoms with Crippen molar-refractivity contribution in [2.75, 3.05) is 19.6 Å². The molecule has 0 aromatic carbocycles. The summed E-state index contributed by atoms with van der Waals surface area (Å²) in [5.41, 5.74) is 0. The van der Waals surface area contributed by atoms with Gasteiger partial charge in [-0.25, -0.2) is 9.80 Å². The van der Waals surface area contributed by atoms with Gasteiger partial charge in [-0.2, -0.15) is 0 Å². The summed E-state index contributed by atoms with van der Waals surface area (Å²) in [4.78, 5) is 24.2. The molecule has 110 valence electrons. The maximum Gasteiger partial charge on any atom is 0.345 e. The predicted molar refractivity (Wildman–Crippen MR) is 77.8 cm³/mol. The molecule has 20 heavy (non-hydrogen) atoms. The lowest BCUT2D eigenvalue weighted by atomic mass is 10.2. The first-order valence-electron chi connectivity index (χ1n) is 6.99. The van der Waals surface area contributed by atoms with Crippen LogP contribution in [-0.4, -0.2) is 46.6 Å². The topological polar surface area (TPSA) is 60.9 Å². The van der Waals surface area contributed by atoms with Gasteiger partial charge in [0.25, 0.3) is 0 Å². The van der Waals surface area contributed by atoms with Crippen LogP contribution in [0, 0.1) is 0 Å². The third-order valence-corrected chi connectivity index (χ3v) is 4.60. The number of nitrogens with zero attached hydrogens (tertiary/aromatic N) is 2. The Kier molecular flexibility index (Phi) is 5.14. The fourth-order valence-corrected chi connectivity index (χ4v) is 3.33. The maximum atomic E-state index is 11.9. The zero-order valence-electron chi connectivity index (χ0n) is 11.7. The van der Waals surface area contributed by atoms with Gasteiger partial charge in [0, 0.05) is 30.9 Å². The van der Waals surface area contributed by atoms with Gasteiger partial charge in [-0.15, -0.1) is 11.3 Å². The van der Waals surface area contributed by atoms with Crippen molar-refractivity contribution < 1.29 is 14.7 Å². The van der Waals surface area contributed by atoms with Crippen LogP contribution in [0.25, 0.3) is 0 Å². The number of aromatic carboxylic acids is 1. The summed E-state index contributed by atoms with van der Waals surface area (Å²) in [5.74, 6) is -0.667. The molecule has 0 radical (unpaired) electrons. The van der Waals surface area contributed by atoms with Crippen LogP contribution in [-0.2, 0) is 11.2 Å². The van der Waals surface area contributed by atoms with Crippen LogP contribution in [0.2, 0.25) is 0 Å². The summed E-state index contributed by atoms with van der Waals surface area (Å²) in [5, 5.41) is 12.8. The van der Waals surface area contributed by atoms with E-state index in [9.17, 15) is 9.59 Å². The number of rotatable bonds is 6. The fraction of sp³-hybridized carbons (Fsp3) is 0.571. The standard InChI is InChI=1S/C14H20N2O3S/c1-2-15-9-4-6-13(17)16(15)10-3-5-11-7-8-12(20-11)14(18)19/h7-8H,2-6,9-10H2,1H3,(H,18,19). The summed E-state index contributed by atoms with van der Waals surface area (Å²) in [6.45, 7) is 4.58. The molecule has 1 amide bonds. The molecular formula is C14H20N2O3S. The van der Waals surface area contributed by atoms with Crippen molar-refractivity contribution in [3.8, 4) is 0 Å². The van der Waals surface area contributed by atoms with Gasteiger partial charge in [0.05, 0.1) is 0 Å². The van der Waals surface area contributed by atoms with Crippen LogP contribution in [0.15, 0.2) is 12.1 Å². The van der Waals surface area contributed by atoms with E-state index in [1.165, 1.54) is 11.3 Å². The minimum atomic E-state index is -0.871. The molecule has 1 N–H and O–H groups in total. The van der Waals surface area contributed by atoms with Crippen molar-refractivity contribution in [1.82, 2.24) is 10.0 Å². The van der Waals surface area contributed by atoms with E-state index in [1.54, 1.807) is 6.07 Å². The lowest BCUT2D eigenvalue weighted by Crippen LogP contribution is -2.50. The molecule has 0 atom stereocenters. The smallest absolute Gasteiger partial charge is 0.345 e. The van der Waals surface area contributed by atoms with Crippen LogP contribution in [0.5, 0.6) is 0 Å². The van der Waals surface area contributed by atoms with Crippen molar-refractivity contribution in [2.24, 2.45) is 0 Å². The lowest BCUT2D eigenvalue weighted by molar-refractivity contribution is -0.155. The molecule has 6 heteroatoms. The summed E-state index contributed by atoms with van der Waals surface area (Å²) in [6.07, 6.45) is 3.26. The molecular weight excluding hydrogens is 276 g/mol. The number of thiophene rings is 1. The average Bonchev–Trinajstić information content (AvgIpc) is 2.89. The first-order valence-corrected chi connectivity index (χ1v) is 7.80. The third-order valence-electron chi connectivity index (χ3n) is 3.47. The van der Waals surface area contributed by atoms with Gasteiger partial charge in [0.2, 0.25) is 5.91 Å². The zero-order valence-corrected chi connectivity index (χ0v) is 12.5. The van der Waals surface area contributed by atoms with E-state index >= 15 is 0 Å². The van der Waals surface area contributed by atoms with E-state index in [0.717, 1.165) is 37.2 Å². The second-order valence-corrected chi connectivity index (χ2v) is 6.01. The van der Waals surface area contributed by atoms with Crippen molar-refractivity contribution >= 4 is 23.2 Å². The first kappa shape index (κ1) is 15.0. The van der Waals surface area contributed by atoms with Crippen molar-refractivity contribution in [3.05, 3.63) is 21.9 Å². The molecule has 1 fully saturated rings. The molecule has 0 bridgehead atoms. The Labute approximate surface area is 122 Å². The zero-order chi connectivity index (χ0) is 14.5. The Morgan fingerprint density at radius 1 is 1.45 bits per heavy atom. The van der Waals surface area contributed by atoms with Gasteiger partial charge >= 0.3 is 5.97 Å². The van der Waals surface area contributed by atoms with Crippen molar-refractivity contribution in [3.63, 3.8) is 0 Å². The van der Waals surface area contributed by atoms with Crippen molar-refractivity contribution in [1.29, 1.82) is 0 Å². The Morgan fingerprint density at radius 3 is 2.90 bits per heavy atom. The monoisotopic (exact) mass is 296 g/mol. The minimum absolute atomic E-state index is 0.204. The molecule has 1 saturated heterocycles. The number of hydrogen-bond donors (Lipinski definition) is 1. The molecule has 5 nitrogen and oxygen atoms in total. The summed E-state index contributed by atoms with van der Waals surface area (Å²) < 4.78 is 0. The number of carbonyl (C=O) groups is 2. The highest BCUT2D eigenvalue weighted by Gasteiger charge is 2.24. The molecule has 0 aliphatic carbocycles. The fourth-order valence-electron chi connectivity index (χ4n) is 2.45. The highest BCUT2D eigenvalue weighted by molar-refractivity contribution is 7.13. The number of carboxylic acid groups (broad SMARTS) is 1. The Hall–Kier alpha value is -1.40. The van der Waals surface area contributed by atoms with Crippen LogP contribution in [0.4, 0.5) is 0 Å². The van der Waals surface area contributed by atoms with Gasteiger partial charge in [-0.3, -0.25) is 9.80 Å². The third kappa shape index (κ3) is 3.58. The number of aryl methyl sites for hydroxylation is 1. The number of hydrogen-bond acceptors (Lipinski definition) is 4. The SMILES string of the molecule is CCN1CCCC(=O)N1CCCc1ccc(C(=O)O)s1. The number of amides is 1. The Bertz CT molecular complexity index is 487. The van der Waals surface area contributed by atoms with Crippen LogP contribution >= 0.6 is 11.3 Å².